The Labute approximate surface area is 276 Å². The second-order valence-electron chi connectivity index (χ2n) is 12.9. The van der Waals surface area contributed by atoms with Gasteiger partial charge in [0, 0.05) is 44.0 Å². The summed E-state index contributed by atoms with van der Waals surface area (Å²) in [6.07, 6.45) is 4.82. The van der Waals surface area contributed by atoms with E-state index < -0.39 is 5.60 Å². The Morgan fingerprint density at radius 2 is 1.83 bits per heavy atom. The van der Waals surface area contributed by atoms with Crippen LogP contribution in [0.25, 0.3) is 10.8 Å². The fourth-order valence-electron chi connectivity index (χ4n) is 5.43. The lowest BCUT2D eigenvalue weighted by Gasteiger charge is -2.27. The molecule has 1 aromatic heterocycles. The molecule has 0 aliphatic rings. The van der Waals surface area contributed by atoms with Crippen molar-refractivity contribution in [2.75, 3.05) is 13.1 Å². The summed E-state index contributed by atoms with van der Waals surface area (Å²) in [7, 11) is 0. The predicted octanol–water partition coefficient (Wildman–Crippen LogP) is 4.95. The number of fused-ring (bicyclic) bond motifs is 1. The topological polar surface area (TPSA) is 129 Å². The average Bonchev–Trinajstić information content (AvgIpc) is 3.48. The van der Waals surface area contributed by atoms with Crippen molar-refractivity contribution in [3.63, 3.8) is 0 Å². The van der Waals surface area contributed by atoms with Crippen LogP contribution in [0.15, 0.2) is 79.3 Å². The standard InChI is InChI=1S/C37H44N6O4/c1-27(12-17-33(45)24-43(26-44)47-37(2,3)4)35(22-39-20-31-10-7-9-30-8-5-6-11-34(30)31)41-36(46)18-32-21-40-25-42(32)23-29-15-13-28(19-38)14-16-29/h5-11,13-16,21,25-27,35,39H,12,17-18,20,22-24H2,1-4H3,(H,41,46). The Morgan fingerprint density at radius 3 is 2.55 bits per heavy atom. The van der Waals surface area contributed by atoms with Crippen molar-refractivity contribution in [1.29, 1.82) is 5.26 Å². The number of nitriles is 1. The first-order chi connectivity index (χ1) is 22.5. The van der Waals surface area contributed by atoms with Crippen LogP contribution >= 0.6 is 0 Å². The maximum absolute atomic E-state index is 13.4. The third-order valence-electron chi connectivity index (χ3n) is 7.89. The highest BCUT2D eigenvalue weighted by Crippen LogP contribution is 2.19. The zero-order chi connectivity index (χ0) is 33.8. The molecule has 2 amide bonds. The van der Waals surface area contributed by atoms with Gasteiger partial charge in [-0.25, -0.2) is 10.0 Å². The van der Waals surface area contributed by atoms with Crippen molar-refractivity contribution in [2.45, 2.75) is 71.7 Å². The molecule has 10 nitrogen and oxygen atoms in total. The zero-order valence-corrected chi connectivity index (χ0v) is 27.6. The number of benzene rings is 3. The molecule has 47 heavy (non-hydrogen) atoms. The first-order valence-electron chi connectivity index (χ1n) is 15.9. The molecule has 0 bridgehead atoms. The Bertz CT molecular complexity index is 1680. The van der Waals surface area contributed by atoms with Crippen LogP contribution in [0.5, 0.6) is 0 Å². The minimum absolute atomic E-state index is 0.0420. The quantitative estimate of drug-likeness (QED) is 0.124. The third-order valence-corrected chi connectivity index (χ3v) is 7.89. The summed E-state index contributed by atoms with van der Waals surface area (Å²) in [6, 6.07) is 23.7. The molecule has 0 fully saturated rings. The van der Waals surface area contributed by atoms with Gasteiger partial charge in [-0.3, -0.25) is 19.2 Å². The van der Waals surface area contributed by atoms with Gasteiger partial charge in [0.25, 0.3) is 0 Å². The summed E-state index contributed by atoms with van der Waals surface area (Å²) in [5, 5.41) is 19.2. The largest absolute Gasteiger partial charge is 0.351 e. The summed E-state index contributed by atoms with van der Waals surface area (Å²) >= 11 is 0. The van der Waals surface area contributed by atoms with E-state index in [2.05, 4.69) is 46.0 Å². The summed E-state index contributed by atoms with van der Waals surface area (Å²) in [5.41, 5.74) is 2.92. The van der Waals surface area contributed by atoms with E-state index in [1.807, 2.05) is 62.6 Å². The average molecular weight is 637 g/mol. The Morgan fingerprint density at radius 1 is 1.09 bits per heavy atom. The number of ketones is 1. The van der Waals surface area contributed by atoms with Gasteiger partial charge in [-0.2, -0.15) is 5.26 Å². The molecular formula is C37H44N6O4. The molecule has 2 atom stereocenters. The number of hydrogen-bond donors (Lipinski definition) is 2. The molecule has 1 heterocycles. The van der Waals surface area contributed by atoms with E-state index in [9.17, 15) is 14.4 Å². The van der Waals surface area contributed by atoms with Crippen LogP contribution in [-0.2, 0) is 38.7 Å². The van der Waals surface area contributed by atoms with Crippen LogP contribution in [0.4, 0.5) is 0 Å². The monoisotopic (exact) mass is 636 g/mol. The zero-order valence-electron chi connectivity index (χ0n) is 27.6. The SMILES string of the molecule is CC(CCC(=O)CN(C=O)OC(C)(C)C)C(CNCc1cccc2ccccc12)NC(=O)Cc1cncn1Cc1ccc(C#N)cc1. The molecule has 0 saturated carbocycles. The predicted molar refractivity (Wildman–Crippen MR) is 181 cm³/mol. The molecule has 3 aromatic carbocycles. The van der Waals surface area contributed by atoms with Gasteiger partial charge < -0.3 is 15.2 Å². The molecule has 246 valence electrons. The minimum Gasteiger partial charge on any atom is -0.351 e. The molecule has 0 radical (unpaired) electrons. The highest BCUT2D eigenvalue weighted by Gasteiger charge is 2.23. The first-order valence-corrected chi connectivity index (χ1v) is 15.9. The number of amides is 2. The van der Waals surface area contributed by atoms with Crippen LogP contribution in [0.3, 0.4) is 0 Å². The molecule has 0 spiro atoms. The van der Waals surface area contributed by atoms with Gasteiger partial charge in [0.2, 0.25) is 12.3 Å². The smallest absolute Gasteiger partial charge is 0.233 e. The number of hydrogen-bond acceptors (Lipinski definition) is 7. The molecule has 0 aliphatic heterocycles. The van der Waals surface area contributed by atoms with Crippen molar-refractivity contribution in [1.82, 2.24) is 25.2 Å². The highest BCUT2D eigenvalue weighted by molar-refractivity contribution is 5.85. The van der Waals surface area contributed by atoms with E-state index in [1.165, 1.54) is 10.8 Å². The van der Waals surface area contributed by atoms with Gasteiger partial charge in [-0.1, -0.05) is 61.5 Å². The molecule has 10 heteroatoms. The lowest BCUT2D eigenvalue weighted by atomic mass is 9.94. The van der Waals surface area contributed by atoms with Gasteiger partial charge in [0.05, 0.1) is 30.0 Å². The third kappa shape index (κ3) is 10.9. The second kappa shape index (κ2) is 16.6. The van der Waals surface area contributed by atoms with E-state index in [1.54, 1.807) is 24.7 Å². The van der Waals surface area contributed by atoms with Crippen molar-refractivity contribution in [3.05, 3.63) is 102 Å². The van der Waals surface area contributed by atoms with Crippen LogP contribution in [0.2, 0.25) is 0 Å². The summed E-state index contributed by atoms with van der Waals surface area (Å²) in [4.78, 5) is 47.5. The lowest BCUT2D eigenvalue weighted by molar-refractivity contribution is -0.215. The number of hydroxylamine groups is 2. The number of nitrogens with zero attached hydrogens (tertiary/aromatic N) is 4. The Balaban J connectivity index is 1.40. The number of carbonyl (C=O) groups excluding carboxylic acids is 3. The Hall–Kier alpha value is -4.85. The molecule has 0 aliphatic carbocycles. The van der Waals surface area contributed by atoms with Gasteiger partial charge in [0.1, 0.15) is 6.54 Å². The van der Waals surface area contributed by atoms with E-state index >= 15 is 0 Å². The first kappa shape index (κ1) is 35.0. The van der Waals surface area contributed by atoms with Crippen molar-refractivity contribution in [2.24, 2.45) is 5.92 Å². The van der Waals surface area contributed by atoms with Crippen molar-refractivity contribution >= 4 is 28.9 Å². The number of nitrogens with one attached hydrogen (secondary N) is 2. The van der Waals surface area contributed by atoms with Gasteiger partial charge in [0.15, 0.2) is 5.78 Å². The van der Waals surface area contributed by atoms with Crippen LogP contribution < -0.4 is 10.6 Å². The number of Topliss-reactive ketones (excluding diaryl/α,β-unsaturated/α-hetero) is 1. The van der Waals surface area contributed by atoms with E-state index in [-0.39, 0.29) is 43.0 Å². The van der Waals surface area contributed by atoms with Gasteiger partial charge >= 0.3 is 0 Å². The minimum atomic E-state index is -0.600. The van der Waals surface area contributed by atoms with Gasteiger partial charge in [-0.05, 0) is 67.1 Å². The fourth-order valence-corrected chi connectivity index (χ4v) is 5.43. The lowest BCUT2D eigenvalue weighted by Crippen LogP contribution is -2.46. The molecule has 2 N–H and O–H groups in total. The van der Waals surface area contributed by atoms with Crippen molar-refractivity contribution in [3.8, 4) is 6.07 Å². The summed E-state index contributed by atoms with van der Waals surface area (Å²) < 4.78 is 1.93. The number of rotatable bonds is 17. The summed E-state index contributed by atoms with van der Waals surface area (Å²) in [6.45, 7) is 8.98. The second-order valence-corrected chi connectivity index (χ2v) is 12.9. The highest BCUT2D eigenvalue weighted by atomic mass is 16.7. The maximum atomic E-state index is 13.4. The number of imidazole rings is 1. The molecule has 4 rings (SSSR count). The molecule has 2 unspecified atom stereocenters. The van der Waals surface area contributed by atoms with E-state index in [0.717, 1.165) is 21.9 Å². The molecular weight excluding hydrogens is 592 g/mol. The number of carbonyl (C=O) groups is 3. The maximum Gasteiger partial charge on any atom is 0.233 e. The van der Waals surface area contributed by atoms with Crippen LogP contribution in [-0.4, -0.2) is 57.4 Å². The number of aromatic nitrogens is 2. The molecule has 0 saturated heterocycles. The molecule has 4 aromatic rings. The van der Waals surface area contributed by atoms with Crippen LogP contribution in [0, 0.1) is 17.2 Å². The summed E-state index contributed by atoms with van der Waals surface area (Å²) in [5.74, 6) is -0.305. The van der Waals surface area contributed by atoms with Crippen molar-refractivity contribution < 1.29 is 19.2 Å². The van der Waals surface area contributed by atoms with E-state index in [4.69, 9.17) is 10.1 Å². The fraction of sp³-hybridized carbons (Fsp3) is 0.378. The van der Waals surface area contributed by atoms with Crippen LogP contribution in [0.1, 0.15) is 62.9 Å². The normalized spacial score (nSPS) is 12.7. The Kier molecular flexibility index (Phi) is 12.4. The van der Waals surface area contributed by atoms with E-state index in [0.29, 0.717) is 38.0 Å². The van der Waals surface area contributed by atoms with Gasteiger partial charge in [-0.15, -0.1) is 0 Å².